The van der Waals surface area contributed by atoms with Gasteiger partial charge >= 0.3 is 12.0 Å². The number of hydrogen-bond donors (Lipinski definition) is 2. The van der Waals surface area contributed by atoms with Crippen molar-refractivity contribution < 1.29 is 19.4 Å². The minimum Gasteiger partial charge on any atom is -0.481 e. The number of rotatable bonds is 6. The lowest BCUT2D eigenvalue weighted by Gasteiger charge is -2.30. The van der Waals surface area contributed by atoms with Gasteiger partial charge in [-0.25, -0.2) is 4.79 Å². The number of carbonyl (C=O) groups excluding carboxylic acids is 1. The first-order valence-corrected chi connectivity index (χ1v) is 8.16. The fourth-order valence-electron chi connectivity index (χ4n) is 3.64. The van der Waals surface area contributed by atoms with E-state index in [0.29, 0.717) is 26.1 Å². The van der Waals surface area contributed by atoms with Crippen molar-refractivity contribution in [2.24, 2.45) is 10.8 Å². The predicted molar refractivity (Wildman–Crippen MR) is 82.7 cm³/mol. The standard InChI is InChI=1S/C16H28N2O4/c1-15(13(19)20)7-9-18(12-15)14(21)17-11-16(8-10-22-2)5-3-4-6-16/h3-12H2,1-2H3,(H,17,21)(H,19,20). The largest absolute Gasteiger partial charge is 0.481 e. The van der Waals surface area contributed by atoms with E-state index in [-0.39, 0.29) is 11.4 Å². The van der Waals surface area contributed by atoms with Crippen LogP contribution in [-0.2, 0) is 9.53 Å². The van der Waals surface area contributed by atoms with Gasteiger partial charge in [-0.05, 0) is 38.0 Å². The Kier molecular flexibility index (Phi) is 5.32. The van der Waals surface area contributed by atoms with Crippen LogP contribution in [0.5, 0.6) is 0 Å². The van der Waals surface area contributed by atoms with E-state index in [4.69, 9.17) is 4.74 Å². The summed E-state index contributed by atoms with van der Waals surface area (Å²) in [5, 5.41) is 12.3. The zero-order valence-electron chi connectivity index (χ0n) is 13.7. The molecule has 126 valence electrons. The lowest BCUT2D eigenvalue weighted by atomic mass is 9.83. The lowest BCUT2D eigenvalue weighted by Crippen LogP contribution is -2.45. The molecule has 2 rings (SSSR count). The summed E-state index contributed by atoms with van der Waals surface area (Å²) in [7, 11) is 1.71. The van der Waals surface area contributed by atoms with E-state index in [1.165, 1.54) is 12.8 Å². The van der Waals surface area contributed by atoms with Crippen molar-refractivity contribution in [3.05, 3.63) is 0 Å². The predicted octanol–water partition coefficient (Wildman–Crippen LogP) is 2.09. The molecular formula is C16H28N2O4. The van der Waals surface area contributed by atoms with Crippen LogP contribution in [0.3, 0.4) is 0 Å². The minimum atomic E-state index is -0.824. The second-order valence-electron chi connectivity index (χ2n) is 7.15. The molecule has 0 aromatic rings. The molecule has 0 aromatic carbocycles. The molecule has 1 saturated heterocycles. The fraction of sp³-hybridized carbons (Fsp3) is 0.875. The van der Waals surface area contributed by atoms with Gasteiger partial charge in [0, 0.05) is 33.4 Å². The monoisotopic (exact) mass is 312 g/mol. The molecule has 1 atom stereocenters. The van der Waals surface area contributed by atoms with E-state index in [2.05, 4.69) is 5.32 Å². The summed E-state index contributed by atoms with van der Waals surface area (Å²) < 4.78 is 5.20. The van der Waals surface area contributed by atoms with Crippen molar-refractivity contribution in [1.29, 1.82) is 0 Å². The van der Waals surface area contributed by atoms with Crippen LogP contribution in [0.2, 0.25) is 0 Å². The van der Waals surface area contributed by atoms with E-state index in [0.717, 1.165) is 25.9 Å². The molecule has 0 bridgehead atoms. The highest BCUT2D eigenvalue weighted by Crippen LogP contribution is 2.40. The number of ether oxygens (including phenoxy) is 1. The second-order valence-corrected chi connectivity index (χ2v) is 7.15. The molecule has 6 nitrogen and oxygen atoms in total. The summed E-state index contributed by atoms with van der Waals surface area (Å²) in [5.41, 5.74) is -0.653. The van der Waals surface area contributed by atoms with E-state index in [1.54, 1.807) is 18.9 Å². The van der Waals surface area contributed by atoms with E-state index in [9.17, 15) is 14.7 Å². The normalized spacial score (nSPS) is 27.1. The molecule has 1 aliphatic heterocycles. The maximum atomic E-state index is 12.3. The number of nitrogens with one attached hydrogen (secondary N) is 1. The number of likely N-dealkylation sites (tertiary alicyclic amines) is 1. The highest BCUT2D eigenvalue weighted by molar-refractivity contribution is 5.79. The van der Waals surface area contributed by atoms with Gasteiger partial charge in [0.1, 0.15) is 0 Å². The van der Waals surface area contributed by atoms with E-state index >= 15 is 0 Å². The van der Waals surface area contributed by atoms with Gasteiger partial charge in [-0.3, -0.25) is 4.79 Å². The number of methoxy groups -OCH3 is 1. The Hall–Kier alpha value is -1.30. The molecule has 1 unspecified atom stereocenters. The summed E-state index contributed by atoms with van der Waals surface area (Å²) in [5.74, 6) is -0.824. The molecule has 2 aliphatic rings. The second kappa shape index (κ2) is 6.86. The molecule has 22 heavy (non-hydrogen) atoms. The highest BCUT2D eigenvalue weighted by atomic mass is 16.5. The third kappa shape index (κ3) is 3.72. The smallest absolute Gasteiger partial charge is 0.317 e. The van der Waals surface area contributed by atoms with Gasteiger partial charge in [0.15, 0.2) is 0 Å². The maximum Gasteiger partial charge on any atom is 0.317 e. The quantitative estimate of drug-likeness (QED) is 0.787. The summed E-state index contributed by atoms with van der Waals surface area (Å²) in [6.45, 7) is 3.89. The molecule has 1 saturated carbocycles. The Morgan fingerprint density at radius 2 is 1.95 bits per heavy atom. The zero-order chi connectivity index (χ0) is 16.2. The molecule has 6 heteroatoms. The van der Waals surface area contributed by atoms with Gasteiger partial charge in [0.05, 0.1) is 5.41 Å². The van der Waals surface area contributed by atoms with E-state index < -0.39 is 11.4 Å². The van der Waals surface area contributed by atoms with Crippen LogP contribution < -0.4 is 5.32 Å². The van der Waals surface area contributed by atoms with Gasteiger partial charge in [0.25, 0.3) is 0 Å². The Morgan fingerprint density at radius 3 is 2.50 bits per heavy atom. The van der Waals surface area contributed by atoms with Crippen molar-refractivity contribution in [2.75, 3.05) is 33.4 Å². The van der Waals surface area contributed by atoms with Crippen molar-refractivity contribution in [1.82, 2.24) is 10.2 Å². The first-order chi connectivity index (χ1) is 10.4. The van der Waals surface area contributed by atoms with Gasteiger partial charge in [0.2, 0.25) is 0 Å². The van der Waals surface area contributed by atoms with Crippen LogP contribution in [0, 0.1) is 10.8 Å². The fourth-order valence-corrected chi connectivity index (χ4v) is 3.64. The number of urea groups is 1. The summed E-state index contributed by atoms with van der Waals surface area (Å²) >= 11 is 0. The first-order valence-electron chi connectivity index (χ1n) is 8.16. The number of hydrogen-bond acceptors (Lipinski definition) is 3. The summed E-state index contributed by atoms with van der Waals surface area (Å²) in [6.07, 6.45) is 6.16. The molecule has 2 N–H and O–H groups in total. The molecule has 1 heterocycles. The van der Waals surface area contributed by atoms with E-state index in [1.807, 2.05) is 0 Å². The topological polar surface area (TPSA) is 78.9 Å². The average Bonchev–Trinajstić information content (AvgIpc) is 3.11. The lowest BCUT2D eigenvalue weighted by molar-refractivity contribution is -0.147. The molecule has 1 aliphatic carbocycles. The van der Waals surface area contributed by atoms with Crippen LogP contribution in [0.1, 0.15) is 45.4 Å². The Balaban J connectivity index is 1.86. The number of aliphatic carboxylic acids is 1. The number of amides is 2. The molecule has 0 radical (unpaired) electrons. The third-order valence-corrected chi connectivity index (χ3v) is 5.39. The van der Waals surface area contributed by atoms with Crippen LogP contribution in [0.15, 0.2) is 0 Å². The van der Waals surface area contributed by atoms with Crippen LogP contribution >= 0.6 is 0 Å². The van der Waals surface area contributed by atoms with Gasteiger partial charge in [-0.2, -0.15) is 0 Å². The zero-order valence-corrected chi connectivity index (χ0v) is 13.7. The van der Waals surface area contributed by atoms with Crippen molar-refractivity contribution >= 4 is 12.0 Å². The summed E-state index contributed by atoms with van der Waals surface area (Å²) in [4.78, 5) is 25.2. The minimum absolute atomic E-state index is 0.131. The Bertz CT molecular complexity index is 420. The van der Waals surface area contributed by atoms with Crippen LogP contribution in [0.4, 0.5) is 4.79 Å². The molecular weight excluding hydrogens is 284 g/mol. The van der Waals surface area contributed by atoms with Crippen LogP contribution in [0.25, 0.3) is 0 Å². The first kappa shape index (κ1) is 17.1. The molecule has 0 aromatic heterocycles. The summed E-state index contributed by atoms with van der Waals surface area (Å²) in [6, 6.07) is -0.131. The van der Waals surface area contributed by atoms with Crippen LogP contribution in [-0.4, -0.2) is 55.4 Å². The number of carboxylic acids is 1. The van der Waals surface area contributed by atoms with Gasteiger partial charge < -0.3 is 20.1 Å². The molecule has 2 amide bonds. The number of carbonyl (C=O) groups is 2. The number of nitrogens with zero attached hydrogens (tertiary/aromatic N) is 1. The molecule has 2 fully saturated rings. The molecule has 0 spiro atoms. The SMILES string of the molecule is COCCC1(CNC(=O)N2CCC(C)(C(=O)O)C2)CCCC1. The Morgan fingerprint density at radius 1 is 1.27 bits per heavy atom. The van der Waals surface area contributed by atoms with Gasteiger partial charge in [-0.1, -0.05) is 12.8 Å². The Labute approximate surface area is 132 Å². The maximum absolute atomic E-state index is 12.3. The highest BCUT2D eigenvalue weighted by Gasteiger charge is 2.42. The third-order valence-electron chi connectivity index (χ3n) is 5.39. The van der Waals surface area contributed by atoms with Crippen molar-refractivity contribution in [3.8, 4) is 0 Å². The number of carboxylic acid groups (broad SMARTS) is 1. The van der Waals surface area contributed by atoms with Crippen molar-refractivity contribution in [2.45, 2.75) is 45.4 Å². The van der Waals surface area contributed by atoms with Gasteiger partial charge in [-0.15, -0.1) is 0 Å². The van der Waals surface area contributed by atoms with Crippen molar-refractivity contribution in [3.63, 3.8) is 0 Å². The average molecular weight is 312 g/mol.